The summed E-state index contributed by atoms with van der Waals surface area (Å²) < 4.78 is 6.46. The van der Waals surface area contributed by atoms with Gasteiger partial charge in [-0.1, -0.05) is 11.6 Å². The molecule has 2 aromatic heterocycles. The van der Waals surface area contributed by atoms with Gasteiger partial charge in [-0.2, -0.15) is 0 Å². The van der Waals surface area contributed by atoms with E-state index in [-0.39, 0.29) is 6.04 Å². The van der Waals surface area contributed by atoms with Crippen molar-refractivity contribution in [2.45, 2.75) is 33.2 Å². The van der Waals surface area contributed by atoms with Crippen LogP contribution >= 0.6 is 22.9 Å². The van der Waals surface area contributed by atoms with Gasteiger partial charge in [0, 0.05) is 16.9 Å². The molecule has 0 spiro atoms. The minimum absolute atomic E-state index is 0.0529. The smallest absolute Gasteiger partial charge is 0.106 e. The third-order valence-corrected chi connectivity index (χ3v) is 4.45. The Bertz CT molecular complexity index is 547. The van der Waals surface area contributed by atoms with Crippen LogP contribution in [0.5, 0.6) is 0 Å². The van der Waals surface area contributed by atoms with Crippen LogP contribution in [0.15, 0.2) is 16.5 Å². The van der Waals surface area contributed by atoms with Gasteiger partial charge in [0.25, 0.3) is 0 Å². The number of nitrogens with one attached hydrogen (secondary N) is 1. The number of thiophene rings is 1. The molecule has 0 saturated heterocycles. The van der Waals surface area contributed by atoms with Gasteiger partial charge < -0.3 is 4.42 Å². The summed E-state index contributed by atoms with van der Waals surface area (Å²) >= 11 is 7.53. The summed E-state index contributed by atoms with van der Waals surface area (Å²) in [5, 5.41) is 0. The number of hydrogen-bond donors (Lipinski definition) is 2. The Morgan fingerprint density at radius 3 is 2.50 bits per heavy atom. The molecule has 0 fully saturated rings. The second kappa shape index (κ2) is 5.45. The predicted octanol–water partition coefficient (Wildman–Crippen LogP) is 3.67. The van der Waals surface area contributed by atoms with E-state index in [1.165, 1.54) is 4.88 Å². The zero-order valence-electron chi connectivity index (χ0n) is 10.7. The first-order valence-corrected chi connectivity index (χ1v) is 6.99. The molecule has 18 heavy (non-hydrogen) atoms. The van der Waals surface area contributed by atoms with E-state index in [9.17, 15) is 0 Å². The van der Waals surface area contributed by atoms with Gasteiger partial charge in [-0.25, -0.2) is 0 Å². The topological polar surface area (TPSA) is 51.2 Å². The minimum Gasteiger partial charge on any atom is -0.466 e. The first-order valence-electron chi connectivity index (χ1n) is 5.79. The molecule has 0 saturated carbocycles. The molecule has 2 heterocycles. The summed E-state index contributed by atoms with van der Waals surface area (Å²) in [5.74, 6) is 7.56. The SMILES string of the molecule is Cc1oc(C)c(C(Cc2ccc(Cl)s2)NN)c1C. The molecule has 0 bridgehead atoms. The molecule has 2 aromatic rings. The van der Waals surface area contributed by atoms with Crippen LogP contribution in [-0.2, 0) is 6.42 Å². The number of aryl methyl sites for hydroxylation is 2. The van der Waals surface area contributed by atoms with Crippen LogP contribution in [0.25, 0.3) is 0 Å². The summed E-state index contributed by atoms with van der Waals surface area (Å²) in [4.78, 5) is 1.21. The van der Waals surface area contributed by atoms with Crippen molar-refractivity contribution in [2.75, 3.05) is 0 Å². The highest BCUT2D eigenvalue weighted by Crippen LogP contribution is 2.31. The number of rotatable bonds is 4. The molecule has 0 radical (unpaired) electrons. The van der Waals surface area contributed by atoms with Crippen molar-refractivity contribution >= 4 is 22.9 Å². The van der Waals surface area contributed by atoms with E-state index in [0.29, 0.717) is 0 Å². The standard InChI is InChI=1S/C13H17ClN2OS/c1-7-8(2)17-9(3)13(7)11(16-15)6-10-4-5-12(14)18-10/h4-5,11,16H,6,15H2,1-3H3. The lowest BCUT2D eigenvalue weighted by Crippen LogP contribution is -2.30. The van der Waals surface area contributed by atoms with E-state index >= 15 is 0 Å². The maximum Gasteiger partial charge on any atom is 0.106 e. The fraction of sp³-hybridized carbons (Fsp3) is 0.385. The maximum absolute atomic E-state index is 5.95. The normalized spacial score (nSPS) is 12.9. The fourth-order valence-electron chi connectivity index (χ4n) is 2.23. The molecule has 98 valence electrons. The van der Waals surface area contributed by atoms with Crippen LogP contribution in [0.3, 0.4) is 0 Å². The Balaban J connectivity index is 2.28. The van der Waals surface area contributed by atoms with Gasteiger partial charge in [0.05, 0.1) is 10.4 Å². The largest absolute Gasteiger partial charge is 0.466 e. The highest BCUT2D eigenvalue weighted by molar-refractivity contribution is 7.16. The summed E-state index contributed by atoms with van der Waals surface area (Å²) in [6, 6.07) is 4.00. The predicted molar refractivity (Wildman–Crippen MR) is 76.0 cm³/mol. The molecule has 5 heteroatoms. The average Bonchev–Trinajstić information content (AvgIpc) is 2.82. The highest BCUT2D eigenvalue weighted by Gasteiger charge is 2.21. The van der Waals surface area contributed by atoms with Crippen LogP contribution < -0.4 is 11.3 Å². The molecular formula is C13H17ClN2OS. The average molecular weight is 285 g/mol. The van der Waals surface area contributed by atoms with Crippen molar-refractivity contribution in [3.63, 3.8) is 0 Å². The van der Waals surface area contributed by atoms with Gasteiger partial charge >= 0.3 is 0 Å². The Kier molecular flexibility index (Phi) is 4.12. The van der Waals surface area contributed by atoms with Crippen molar-refractivity contribution in [3.8, 4) is 0 Å². The van der Waals surface area contributed by atoms with Gasteiger partial charge in [-0.15, -0.1) is 11.3 Å². The van der Waals surface area contributed by atoms with E-state index in [0.717, 1.165) is 33.4 Å². The van der Waals surface area contributed by atoms with Gasteiger partial charge in [0.1, 0.15) is 11.5 Å². The van der Waals surface area contributed by atoms with Gasteiger partial charge in [-0.3, -0.25) is 11.3 Å². The number of nitrogens with two attached hydrogens (primary N) is 1. The molecule has 2 rings (SSSR count). The zero-order valence-corrected chi connectivity index (χ0v) is 12.3. The lowest BCUT2D eigenvalue weighted by Gasteiger charge is -2.15. The highest BCUT2D eigenvalue weighted by atomic mass is 35.5. The van der Waals surface area contributed by atoms with Crippen molar-refractivity contribution < 1.29 is 4.42 Å². The summed E-state index contributed by atoms with van der Waals surface area (Å²) in [6.07, 6.45) is 0.814. The number of halogens is 1. The van der Waals surface area contributed by atoms with Crippen LogP contribution in [0, 0.1) is 20.8 Å². The van der Waals surface area contributed by atoms with E-state index in [1.54, 1.807) is 11.3 Å². The summed E-state index contributed by atoms with van der Waals surface area (Å²) in [6.45, 7) is 6.01. The molecule has 1 atom stereocenters. The van der Waals surface area contributed by atoms with Gasteiger partial charge in [0.2, 0.25) is 0 Å². The first-order chi connectivity index (χ1) is 8.52. The minimum atomic E-state index is 0.0529. The number of hydrazine groups is 1. The molecule has 3 N–H and O–H groups in total. The zero-order chi connectivity index (χ0) is 13.3. The second-order valence-electron chi connectivity index (χ2n) is 4.38. The Morgan fingerprint density at radius 2 is 2.06 bits per heavy atom. The van der Waals surface area contributed by atoms with Crippen molar-refractivity contribution in [1.82, 2.24) is 5.43 Å². The molecule has 0 aliphatic heterocycles. The first kappa shape index (κ1) is 13.6. The molecule has 0 aromatic carbocycles. The van der Waals surface area contributed by atoms with Crippen molar-refractivity contribution in [2.24, 2.45) is 5.84 Å². The third kappa shape index (κ3) is 2.62. The van der Waals surface area contributed by atoms with E-state index in [2.05, 4.69) is 12.3 Å². The third-order valence-electron chi connectivity index (χ3n) is 3.20. The van der Waals surface area contributed by atoms with Crippen molar-refractivity contribution in [3.05, 3.63) is 44.0 Å². The maximum atomic E-state index is 5.95. The molecule has 3 nitrogen and oxygen atoms in total. The Labute approximate surface area is 116 Å². The van der Waals surface area contributed by atoms with Crippen LogP contribution in [-0.4, -0.2) is 0 Å². The monoisotopic (exact) mass is 284 g/mol. The molecule has 0 aliphatic carbocycles. The number of hydrogen-bond acceptors (Lipinski definition) is 4. The quantitative estimate of drug-likeness (QED) is 0.665. The van der Waals surface area contributed by atoms with Crippen molar-refractivity contribution in [1.29, 1.82) is 0 Å². The van der Waals surface area contributed by atoms with Crippen LogP contribution in [0.4, 0.5) is 0 Å². The lowest BCUT2D eigenvalue weighted by atomic mass is 9.99. The molecule has 1 unspecified atom stereocenters. The Hall–Kier alpha value is -0.810. The van der Waals surface area contributed by atoms with E-state index in [4.69, 9.17) is 21.9 Å². The summed E-state index contributed by atoms with van der Waals surface area (Å²) in [7, 11) is 0. The molecule has 0 aliphatic rings. The van der Waals surface area contributed by atoms with Crippen LogP contribution in [0.2, 0.25) is 4.34 Å². The Morgan fingerprint density at radius 1 is 1.33 bits per heavy atom. The fourth-order valence-corrected chi connectivity index (χ4v) is 3.36. The van der Waals surface area contributed by atoms with E-state index < -0.39 is 0 Å². The lowest BCUT2D eigenvalue weighted by molar-refractivity contribution is 0.485. The second-order valence-corrected chi connectivity index (χ2v) is 6.18. The van der Waals surface area contributed by atoms with Gasteiger partial charge in [0.15, 0.2) is 0 Å². The van der Waals surface area contributed by atoms with Crippen LogP contribution in [0.1, 0.15) is 33.6 Å². The summed E-state index contributed by atoms with van der Waals surface area (Å²) in [5.41, 5.74) is 5.19. The molecule has 0 amide bonds. The molecular weight excluding hydrogens is 268 g/mol. The van der Waals surface area contributed by atoms with E-state index in [1.807, 2.05) is 26.0 Å². The van der Waals surface area contributed by atoms with Gasteiger partial charge in [-0.05, 0) is 38.5 Å². The number of furan rings is 1.